The van der Waals surface area contributed by atoms with E-state index in [-0.39, 0.29) is 36.8 Å². The van der Waals surface area contributed by atoms with Gasteiger partial charge in [-0.15, -0.1) is 0 Å². The van der Waals surface area contributed by atoms with Gasteiger partial charge in [0.1, 0.15) is 12.4 Å². The van der Waals surface area contributed by atoms with E-state index in [0.29, 0.717) is 43.7 Å². The zero-order valence-electron chi connectivity index (χ0n) is 21.5. The van der Waals surface area contributed by atoms with E-state index in [1.165, 1.54) is 6.42 Å². The van der Waals surface area contributed by atoms with Gasteiger partial charge >= 0.3 is 5.97 Å². The lowest BCUT2D eigenvalue weighted by Crippen LogP contribution is -2.41. The van der Waals surface area contributed by atoms with Crippen molar-refractivity contribution in [1.82, 2.24) is 10.2 Å². The topological polar surface area (TPSA) is 95.9 Å². The molecule has 2 aromatic rings. The highest BCUT2D eigenvalue weighted by atomic mass is 16.5. The standard InChI is InChI=1S/C30H38N2O5/c33-28(34)17-6-2-5-13-24(21-37-27-16-9-14-22-10-7-8-15-26(22)27)29(35)31-25-18-19-32(20-25)30(36)23-11-3-1-4-12-23/h7-10,13-16,23,25H,1-6,11-12,17-21H2,(H,31,35)(H,33,34)/b24-13+. The molecule has 198 valence electrons. The number of unbranched alkanes of at least 4 members (excludes halogenated alkanes) is 2. The summed E-state index contributed by atoms with van der Waals surface area (Å²) in [6.07, 6.45) is 10.0. The molecule has 2 aromatic carbocycles. The lowest BCUT2D eigenvalue weighted by molar-refractivity contribution is -0.137. The van der Waals surface area contributed by atoms with Crippen molar-refractivity contribution in [2.45, 2.75) is 70.3 Å². The van der Waals surface area contributed by atoms with E-state index in [9.17, 15) is 14.4 Å². The van der Waals surface area contributed by atoms with Crippen LogP contribution in [0.15, 0.2) is 54.1 Å². The third-order valence-corrected chi connectivity index (χ3v) is 7.45. The summed E-state index contributed by atoms with van der Waals surface area (Å²) < 4.78 is 6.11. The number of amides is 2. The molecule has 0 bridgehead atoms. The quantitative estimate of drug-likeness (QED) is 0.327. The molecule has 0 radical (unpaired) electrons. The molecule has 2 fully saturated rings. The van der Waals surface area contributed by atoms with E-state index in [4.69, 9.17) is 9.84 Å². The highest BCUT2D eigenvalue weighted by Gasteiger charge is 2.32. The van der Waals surface area contributed by atoms with Crippen LogP contribution in [0.5, 0.6) is 5.75 Å². The Morgan fingerprint density at radius 2 is 1.78 bits per heavy atom. The Hall–Kier alpha value is -3.35. The number of carbonyl (C=O) groups excluding carboxylic acids is 2. The van der Waals surface area contributed by atoms with Gasteiger partial charge in [0, 0.05) is 36.9 Å². The van der Waals surface area contributed by atoms with E-state index in [2.05, 4.69) is 5.32 Å². The number of nitrogens with one attached hydrogen (secondary N) is 1. The van der Waals surface area contributed by atoms with E-state index >= 15 is 0 Å². The smallest absolute Gasteiger partial charge is 0.303 e. The van der Waals surface area contributed by atoms with Crippen LogP contribution in [0.3, 0.4) is 0 Å². The molecule has 2 N–H and O–H groups in total. The van der Waals surface area contributed by atoms with Crippen LogP contribution in [0.25, 0.3) is 10.8 Å². The van der Waals surface area contributed by atoms with Gasteiger partial charge in [-0.1, -0.05) is 61.7 Å². The molecule has 2 aliphatic rings. The minimum absolute atomic E-state index is 0.0759. The molecule has 1 saturated heterocycles. The Labute approximate surface area is 218 Å². The summed E-state index contributed by atoms with van der Waals surface area (Å²) in [4.78, 5) is 38.9. The van der Waals surface area contributed by atoms with Crippen LogP contribution in [-0.2, 0) is 14.4 Å². The summed E-state index contributed by atoms with van der Waals surface area (Å²) in [6.45, 7) is 1.36. The van der Waals surface area contributed by atoms with Crippen LogP contribution >= 0.6 is 0 Å². The lowest BCUT2D eigenvalue weighted by Gasteiger charge is -2.26. The predicted octanol–water partition coefficient (Wildman–Crippen LogP) is 5.09. The Morgan fingerprint density at radius 3 is 2.59 bits per heavy atom. The van der Waals surface area contributed by atoms with Gasteiger partial charge in [0.2, 0.25) is 5.91 Å². The zero-order valence-corrected chi connectivity index (χ0v) is 21.5. The molecule has 1 saturated carbocycles. The highest BCUT2D eigenvalue weighted by molar-refractivity contribution is 5.94. The summed E-state index contributed by atoms with van der Waals surface area (Å²) in [7, 11) is 0. The van der Waals surface area contributed by atoms with Crippen molar-refractivity contribution < 1.29 is 24.2 Å². The third-order valence-electron chi connectivity index (χ3n) is 7.45. The molecule has 2 amide bonds. The summed E-state index contributed by atoms with van der Waals surface area (Å²) in [6, 6.07) is 13.7. The third kappa shape index (κ3) is 7.57. The molecule has 7 nitrogen and oxygen atoms in total. The number of allylic oxidation sites excluding steroid dienone is 1. The molecular formula is C30H38N2O5. The highest BCUT2D eigenvalue weighted by Crippen LogP contribution is 2.27. The van der Waals surface area contributed by atoms with Crippen LogP contribution in [-0.4, -0.2) is 53.5 Å². The van der Waals surface area contributed by atoms with Crippen molar-refractivity contribution >= 4 is 28.6 Å². The minimum Gasteiger partial charge on any atom is -0.488 e. The molecule has 1 heterocycles. The van der Waals surface area contributed by atoms with Crippen LogP contribution < -0.4 is 10.1 Å². The SMILES string of the molecule is O=C(O)CCCC/C=C(\COc1cccc2ccccc12)C(=O)NC1CCN(C(=O)C2CCCCC2)C1. The summed E-state index contributed by atoms with van der Waals surface area (Å²) >= 11 is 0. The molecular weight excluding hydrogens is 468 g/mol. The molecule has 7 heteroatoms. The molecule has 1 aliphatic carbocycles. The number of aliphatic carboxylic acids is 1. The first kappa shape index (κ1) is 26.7. The number of hydrogen-bond acceptors (Lipinski definition) is 4. The maximum Gasteiger partial charge on any atom is 0.303 e. The number of carbonyl (C=O) groups is 3. The predicted molar refractivity (Wildman–Crippen MR) is 143 cm³/mol. The average Bonchev–Trinajstić information content (AvgIpc) is 3.38. The Bertz CT molecular complexity index is 1120. The fourth-order valence-corrected chi connectivity index (χ4v) is 5.36. The fourth-order valence-electron chi connectivity index (χ4n) is 5.36. The fraction of sp³-hybridized carbons (Fsp3) is 0.500. The first-order chi connectivity index (χ1) is 18.0. The van der Waals surface area contributed by atoms with Crippen molar-refractivity contribution in [1.29, 1.82) is 0 Å². The first-order valence-corrected chi connectivity index (χ1v) is 13.6. The number of hydrogen-bond donors (Lipinski definition) is 2. The molecule has 4 rings (SSSR count). The first-order valence-electron chi connectivity index (χ1n) is 13.6. The number of carboxylic acid groups (broad SMARTS) is 1. The summed E-state index contributed by atoms with van der Waals surface area (Å²) in [5, 5.41) is 14.1. The number of benzene rings is 2. The van der Waals surface area contributed by atoms with Crippen molar-refractivity contribution in [2.75, 3.05) is 19.7 Å². The van der Waals surface area contributed by atoms with Gasteiger partial charge in [-0.2, -0.15) is 0 Å². The van der Waals surface area contributed by atoms with Gasteiger partial charge < -0.3 is 20.1 Å². The van der Waals surface area contributed by atoms with Crippen molar-refractivity contribution in [3.05, 3.63) is 54.1 Å². The van der Waals surface area contributed by atoms with Gasteiger partial charge in [-0.3, -0.25) is 14.4 Å². The number of likely N-dealkylation sites (tertiary alicyclic amines) is 1. The number of fused-ring (bicyclic) bond motifs is 1. The van der Waals surface area contributed by atoms with Crippen LogP contribution in [0.4, 0.5) is 0 Å². The van der Waals surface area contributed by atoms with Gasteiger partial charge in [-0.25, -0.2) is 0 Å². The Kier molecular flexibility index (Phi) is 9.58. The van der Waals surface area contributed by atoms with Crippen molar-refractivity contribution in [3.8, 4) is 5.75 Å². The zero-order chi connectivity index (χ0) is 26.0. The average molecular weight is 507 g/mol. The second kappa shape index (κ2) is 13.3. The molecule has 1 atom stereocenters. The van der Waals surface area contributed by atoms with Gasteiger partial charge in [-0.05, 0) is 50.0 Å². The molecule has 37 heavy (non-hydrogen) atoms. The molecule has 0 aromatic heterocycles. The monoisotopic (exact) mass is 506 g/mol. The number of nitrogens with zero attached hydrogens (tertiary/aromatic N) is 1. The Balaban J connectivity index is 1.37. The maximum atomic E-state index is 13.3. The largest absolute Gasteiger partial charge is 0.488 e. The lowest BCUT2D eigenvalue weighted by atomic mass is 9.88. The van der Waals surface area contributed by atoms with Crippen molar-refractivity contribution in [2.24, 2.45) is 5.92 Å². The molecule has 1 unspecified atom stereocenters. The van der Waals surface area contributed by atoms with Gasteiger partial charge in [0.25, 0.3) is 5.91 Å². The van der Waals surface area contributed by atoms with Crippen molar-refractivity contribution in [3.63, 3.8) is 0 Å². The van der Waals surface area contributed by atoms with Crippen LogP contribution in [0.1, 0.15) is 64.2 Å². The molecule has 0 spiro atoms. The van der Waals surface area contributed by atoms with E-state index in [1.54, 1.807) is 0 Å². The van der Waals surface area contributed by atoms with E-state index in [0.717, 1.165) is 42.9 Å². The van der Waals surface area contributed by atoms with Gasteiger partial charge in [0.15, 0.2) is 0 Å². The van der Waals surface area contributed by atoms with E-state index < -0.39 is 5.97 Å². The maximum absolute atomic E-state index is 13.3. The normalized spacial score (nSPS) is 18.6. The van der Waals surface area contributed by atoms with Crippen LogP contribution in [0, 0.1) is 5.92 Å². The minimum atomic E-state index is -0.810. The second-order valence-electron chi connectivity index (χ2n) is 10.2. The van der Waals surface area contributed by atoms with E-state index in [1.807, 2.05) is 53.4 Å². The summed E-state index contributed by atoms with van der Waals surface area (Å²) in [5.41, 5.74) is 0.528. The van der Waals surface area contributed by atoms with Crippen LogP contribution in [0.2, 0.25) is 0 Å². The second-order valence-corrected chi connectivity index (χ2v) is 10.2. The van der Waals surface area contributed by atoms with Gasteiger partial charge in [0.05, 0.1) is 5.57 Å². The number of carboxylic acids is 1. The number of rotatable bonds is 11. The Morgan fingerprint density at radius 1 is 1.00 bits per heavy atom. The summed E-state index contributed by atoms with van der Waals surface area (Å²) in [5.74, 6) is 0.0986. The molecule has 1 aliphatic heterocycles. The number of ether oxygens (including phenoxy) is 1.